The largest absolute Gasteiger partial charge is 0.491 e. The SMILES string of the molecule is CCCCOc1cc(N)c(OCCCC)cc1N. The lowest BCUT2D eigenvalue weighted by Crippen LogP contribution is -2.04. The summed E-state index contributed by atoms with van der Waals surface area (Å²) in [5.74, 6) is 1.28. The number of unbranched alkanes of at least 4 members (excludes halogenated alkanes) is 2. The van der Waals surface area contributed by atoms with Gasteiger partial charge in [-0.3, -0.25) is 0 Å². The van der Waals surface area contributed by atoms with E-state index in [0.717, 1.165) is 25.7 Å². The second-order valence-corrected chi connectivity index (χ2v) is 4.33. The average molecular weight is 252 g/mol. The van der Waals surface area contributed by atoms with Crippen molar-refractivity contribution in [3.05, 3.63) is 12.1 Å². The van der Waals surface area contributed by atoms with E-state index in [1.807, 2.05) is 0 Å². The van der Waals surface area contributed by atoms with E-state index in [2.05, 4.69) is 13.8 Å². The van der Waals surface area contributed by atoms with Crippen LogP contribution in [0.1, 0.15) is 39.5 Å². The molecule has 0 spiro atoms. The van der Waals surface area contributed by atoms with Crippen LogP contribution in [0, 0.1) is 0 Å². The number of anilines is 2. The molecule has 0 heterocycles. The molecule has 1 aromatic rings. The van der Waals surface area contributed by atoms with Gasteiger partial charge >= 0.3 is 0 Å². The Kier molecular flexibility index (Phi) is 6.19. The second kappa shape index (κ2) is 7.69. The quantitative estimate of drug-likeness (QED) is 0.550. The van der Waals surface area contributed by atoms with Crippen LogP contribution in [0.4, 0.5) is 11.4 Å². The predicted molar refractivity (Wildman–Crippen MR) is 76.1 cm³/mol. The highest BCUT2D eigenvalue weighted by Crippen LogP contribution is 2.33. The van der Waals surface area contributed by atoms with Crippen molar-refractivity contribution >= 4 is 11.4 Å². The van der Waals surface area contributed by atoms with Gasteiger partial charge < -0.3 is 20.9 Å². The molecule has 0 unspecified atom stereocenters. The number of nitrogens with two attached hydrogens (primary N) is 2. The predicted octanol–water partition coefficient (Wildman–Crippen LogP) is 3.21. The van der Waals surface area contributed by atoms with E-state index in [1.165, 1.54) is 0 Å². The fourth-order valence-corrected chi connectivity index (χ4v) is 1.49. The minimum Gasteiger partial charge on any atom is -0.491 e. The van der Waals surface area contributed by atoms with Gasteiger partial charge in [-0.25, -0.2) is 0 Å². The Balaban J connectivity index is 2.64. The lowest BCUT2D eigenvalue weighted by Gasteiger charge is -2.13. The summed E-state index contributed by atoms with van der Waals surface area (Å²) in [5.41, 5.74) is 13.0. The molecule has 0 saturated carbocycles. The summed E-state index contributed by atoms with van der Waals surface area (Å²) in [6.45, 7) is 5.56. The highest BCUT2D eigenvalue weighted by atomic mass is 16.5. The van der Waals surface area contributed by atoms with Crippen LogP contribution < -0.4 is 20.9 Å². The molecule has 4 N–H and O–H groups in total. The van der Waals surface area contributed by atoms with Gasteiger partial charge in [0.2, 0.25) is 0 Å². The summed E-state index contributed by atoms with van der Waals surface area (Å²) in [4.78, 5) is 0. The third kappa shape index (κ3) is 4.35. The van der Waals surface area contributed by atoms with E-state index in [-0.39, 0.29) is 0 Å². The zero-order chi connectivity index (χ0) is 13.4. The smallest absolute Gasteiger partial charge is 0.144 e. The van der Waals surface area contributed by atoms with E-state index >= 15 is 0 Å². The Bertz CT molecular complexity index is 331. The maximum Gasteiger partial charge on any atom is 0.144 e. The molecule has 0 aromatic heterocycles. The van der Waals surface area contributed by atoms with E-state index in [0.29, 0.717) is 36.1 Å². The van der Waals surface area contributed by atoms with Crippen molar-refractivity contribution in [3.8, 4) is 11.5 Å². The van der Waals surface area contributed by atoms with Crippen LogP contribution in [-0.4, -0.2) is 13.2 Å². The highest BCUT2D eigenvalue weighted by Gasteiger charge is 2.07. The standard InChI is InChI=1S/C14H24N2O2/c1-3-5-7-17-13-9-12(16)14(10-11(13)15)18-8-6-4-2/h9-10H,3-8,15-16H2,1-2H3. The Hall–Kier alpha value is -1.58. The summed E-state index contributed by atoms with van der Waals surface area (Å²) in [6, 6.07) is 3.48. The first-order valence-corrected chi connectivity index (χ1v) is 6.63. The summed E-state index contributed by atoms with van der Waals surface area (Å²) >= 11 is 0. The van der Waals surface area contributed by atoms with Crippen molar-refractivity contribution < 1.29 is 9.47 Å². The van der Waals surface area contributed by atoms with Crippen LogP contribution in [0.25, 0.3) is 0 Å². The van der Waals surface area contributed by atoms with Gasteiger partial charge in [0.25, 0.3) is 0 Å². The van der Waals surface area contributed by atoms with E-state index in [1.54, 1.807) is 12.1 Å². The van der Waals surface area contributed by atoms with Gasteiger partial charge in [0.15, 0.2) is 0 Å². The van der Waals surface area contributed by atoms with Crippen LogP contribution >= 0.6 is 0 Å². The molecule has 4 nitrogen and oxygen atoms in total. The second-order valence-electron chi connectivity index (χ2n) is 4.33. The first kappa shape index (κ1) is 14.5. The number of benzene rings is 1. The first-order chi connectivity index (χ1) is 8.69. The Morgan fingerprint density at radius 2 is 1.22 bits per heavy atom. The zero-order valence-electron chi connectivity index (χ0n) is 11.4. The summed E-state index contributed by atoms with van der Waals surface area (Å²) in [6.07, 6.45) is 4.20. The first-order valence-electron chi connectivity index (χ1n) is 6.63. The molecule has 1 aromatic carbocycles. The topological polar surface area (TPSA) is 70.5 Å². The molecular weight excluding hydrogens is 228 g/mol. The highest BCUT2D eigenvalue weighted by molar-refractivity contribution is 5.67. The molecule has 18 heavy (non-hydrogen) atoms. The van der Waals surface area contributed by atoms with Crippen molar-refractivity contribution in [2.75, 3.05) is 24.7 Å². The van der Waals surface area contributed by atoms with Crippen molar-refractivity contribution in [3.63, 3.8) is 0 Å². The summed E-state index contributed by atoms with van der Waals surface area (Å²) in [5, 5.41) is 0. The Morgan fingerprint density at radius 3 is 1.56 bits per heavy atom. The monoisotopic (exact) mass is 252 g/mol. The van der Waals surface area contributed by atoms with Gasteiger partial charge in [-0.05, 0) is 12.8 Å². The maximum atomic E-state index is 5.92. The maximum absolute atomic E-state index is 5.92. The summed E-state index contributed by atoms with van der Waals surface area (Å²) < 4.78 is 11.2. The molecule has 0 amide bonds. The lowest BCUT2D eigenvalue weighted by atomic mass is 10.2. The van der Waals surface area contributed by atoms with Crippen LogP contribution in [-0.2, 0) is 0 Å². The molecule has 0 aliphatic rings. The van der Waals surface area contributed by atoms with Crippen molar-refractivity contribution in [1.82, 2.24) is 0 Å². The molecule has 102 valence electrons. The van der Waals surface area contributed by atoms with E-state index in [9.17, 15) is 0 Å². The fraction of sp³-hybridized carbons (Fsp3) is 0.571. The third-order valence-electron chi connectivity index (χ3n) is 2.65. The van der Waals surface area contributed by atoms with Gasteiger partial charge in [0.1, 0.15) is 11.5 Å². The molecule has 0 fully saturated rings. The Morgan fingerprint density at radius 1 is 0.833 bits per heavy atom. The number of ether oxygens (including phenoxy) is 2. The van der Waals surface area contributed by atoms with Gasteiger partial charge in [-0.1, -0.05) is 26.7 Å². The number of hydrogen-bond donors (Lipinski definition) is 2. The Labute approximate surface area is 109 Å². The summed E-state index contributed by atoms with van der Waals surface area (Å²) in [7, 11) is 0. The minimum absolute atomic E-state index is 0.576. The van der Waals surface area contributed by atoms with Crippen molar-refractivity contribution in [2.45, 2.75) is 39.5 Å². The molecule has 4 heteroatoms. The third-order valence-corrected chi connectivity index (χ3v) is 2.65. The van der Waals surface area contributed by atoms with Gasteiger partial charge in [-0.2, -0.15) is 0 Å². The molecule has 0 aliphatic heterocycles. The van der Waals surface area contributed by atoms with E-state index in [4.69, 9.17) is 20.9 Å². The van der Waals surface area contributed by atoms with Crippen LogP contribution in [0.5, 0.6) is 11.5 Å². The average Bonchev–Trinajstić information content (AvgIpc) is 2.35. The minimum atomic E-state index is 0.576. The normalized spacial score (nSPS) is 10.3. The fourth-order valence-electron chi connectivity index (χ4n) is 1.49. The molecule has 0 bridgehead atoms. The number of nitrogen functional groups attached to an aromatic ring is 2. The molecule has 1 rings (SSSR count). The molecule has 0 aliphatic carbocycles. The van der Waals surface area contributed by atoms with Crippen molar-refractivity contribution in [1.29, 1.82) is 0 Å². The van der Waals surface area contributed by atoms with E-state index < -0.39 is 0 Å². The van der Waals surface area contributed by atoms with Gasteiger partial charge in [0.05, 0.1) is 24.6 Å². The molecule has 0 atom stereocenters. The lowest BCUT2D eigenvalue weighted by molar-refractivity contribution is 0.303. The molecular formula is C14H24N2O2. The van der Waals surface area contributed by atoms with Crippen LogP contribution in [0.3, 0.4) is 0 Å². The number of hydrogen-bond acceptors (Lipinski definition) is 4. The van der Waals surface area contributed by atoms with Crippen molar-refractivity contribution in [2.24, 2.45) is 0 Å². The molecule has 0 saturated heterocycles. The van der Waals surface area contributed by atoms with Crippen LogP contribution in [0.15, 0.2) is 12.1 Å². The number of rotatable bonds is 8. The zero-order valence-corrected chi connectivity index (χ0v) is 11.4. The van der Waals surface area contributed by atoms with Gasteiger partial charge in [0, 0.05) is 12.1 Å². The van der Waals surface area contributed by atoms with Crippen LogP contribution in [0.2, 0.25) is 0 Å². The molecule has 0 radical (unpaired) electrons. The van der Waals surface area contributed by atoms with Gasteiger partial charge in [-0.15, -0.1) is 0 Å².